The molecule has 1 aromatic heterocycles. The van der Waals surface area contributed by atoms with Crippen LogP contribution in [0.1, 0.15) is 60.3 Å². The number of aliphatic hydroxyl groups is 1. The number of rotatable bonds is 13. The minimum absolute atomic E-state index is 0.00223. The highest BCUT2D eigenvalue weighted by molar-refractivity contribution is 7.99. The topological polar surface area (TPSA) is 135 Å². The van der Waals surface area contributed by atoms with E-state index in [1.54, 1.807) is 23.4 Å². The molecule has 4 N–H and O–H groups in total. The van der Waals surface area contributed by atoms with Gasteiger partial charge < -0.3 is 24.5 Å². The fourth-order valence-corrected chi connectivity index (χ4v) is 6.08. The van der Waals surface area contributed by atoms with Crippen LogP contribution in [0.25, 0.3) is 11.1 Å². The molecule has 10 nitrogen and oxygen atoms in total. The summed E-state index contributed by atoms with van der Waals surface area (Å²) < 4.78 is 15.0. The number of imidazole rings is 1. The molecule has 0 radical (unpaired) electrons. The van der Waals surface area contributed by atoms with Gasteiger partial charge in [0.05, 0.1) is 18.8 Å². The number of carbonyl (C=O) groups is 2. The van der Waals surface area contributed by atoms with Crippen molar-refractivity contribution >= 4 is 23.6 Å². The lowest BCUT2D eigenvalue weighted by molar-refractivity contribution is -0.245. The predicted octanol–water partition coefficient (Wildman–Crippen LogP) is 5.21. The van der Waals surface area contributed by atoms with Crippen molar-refractivity contribution in [2.45, 2.75) is 62.5 Å². The number of ether oxygens (including phenoxy) is 2. The molecule has 45 heavy (non-hydrogen) atoms. The highest BCUT2D eigenvalue weighted by Gasteiger charge is 2.32. The summed E-state index contributed by atoms with van der Waals surface area (Å²) in [5, 5.41) is 21.9. The summed E-state index contributed by atoms with van der Waals surface area (Å²) >= 11 is 1.66. The van der Waals surface area contributed by atoms with Gasteiger partial charge in [-0.05, 0) is 40.3 Å². The third-order valence-electron chi connectivity index (χ3n) is 7.66. The molecule has 1 aliphatic rings. The van der Waals surface area contributed by atoms with E-state index in [-0.39, 0.29) is 37.6 Å². The van der Waals surface area contributed by atoms with Gasteiger partial charge in [0.1, 0.15) is 0 Å². The summed E-state index contributed by atoms with van der Waals surface area (Å²) in [5.41, 5.74) is 7.39. The van der Waals surface area contributed by atoms with E-state index in [4.69, 9.17) is 14.7 Å². The van der Waals surface area contributed by atoms with Crippen LogP contribution >= 0.6 is 11.8 Å². The molecule has 236 valence electrons. The molecule has 2 heterocycles. The maximum absolute atomic E-state index is 12.2. The van der Waals surface area contributed by atoms with Crippen molar-refractivity contribution in [1.82, 2.24) is 20.3 Å². The van der Waals surface area contributed by atoms with Crippen molar-refractivity contribution in [2.24, 2.45) is 7.05 Å². The highest BCUT2D eigenvalue weighted by atomic mass is 32.2. The average molecular weight is 631 g/mol. The molecular weight excluding hydrogens is 592 g/mol. The standard InChI is InChI=1S/C34H38N4O6S/c1-38-17-16-35-34(38)45-22-29-19-30(26-10-8-23(21-39)9-11-26)44-33(43-29)27-14-12-25(13-15-27)28-5-2-4-24(18-28)20-36-31(40)6-3-7-32(41)37-42/h2,4-5,8-18,29-30,33,39,42H,3,6-7,19-22H2,1H3,(H,36,40)(H,37,41)/t29-,30+,33+/m0/s1. The summed E-state index contributed by atoms with van der Waals surface area (Å²) in [7, 11) is 1.98. The van der Waals surface area contributed by atoms with Crippen LogP contribution < -0.4 is 10.8 Å². The molecule has 11 heteroatoms. The van der Waals surface area contributed by atoms with Crippen molar-refractivity contribution in [3.63, 3.8) is 0 Å². The fraction of sp³-hybridized carbons (Fsp3) is 0.324. The van der Waals surface area contributed by atoms with Gasteiger partial charge >= 0.3 is 0 Å². The van der Waals surface area contributed by atoms with E-state index < -0.39 is 12.2 Å². The molecule has 3 atom stereocenters. The van der Waals surface area contributed by atoms with Crippen molar-refractivity contribution in [2.75, 3.05) is 5.75 Å². The Balaban J connectivity index is 1.24. The smallest absolute Gasteiger partial charge is 0.243 e. The first kappa shape index (κ1) is 32.4. The largest absolute Gasteiger partial charge is 0.392 e. The van der Waals surface area contributed by atoms with Gasteiger partial charge in [-0.1, -0.05) is 78.5 Å². The van der Waals surface area contributed by atoms with Crippen molar-refractivity contribution < 1.29 is 29.4 Å². The van der Waals surface area contributed by atoms with Gasteiger partial charge in [0, 0.05) is 56.6 Å². The number of benzene rings is 3. The van der Waals surface area contributed by atoms with E-state index >= 15 is 0 Å². The monoisotopic (exact) mass is 630 g/mol. The van der Waals surface area contributed by atoms with Gasteiger partial charge in [0.2, 0.25) is 11.8 Å². The van der Waals surface area contributed by atoms with Gasteiger partial charge in [-0.15, -0.1) is 0 Å². The van der Waals surface area contributed by atoms with Gasteiger partial charge in [0.15, 0.2) is 11.4 Å². The first-order chi connectivity index (χ1) is 21.9. The zero-order valence-electron chi connectivity index (χ0n) is 25.1. The maximum atomic E-state index is 12.2. The van der Waals surface area contributed by atoms with E-state index in [1.807, 2.05) is 90.6 Å². The molecule has 0 aliphatic carbocycles. The van der Waals surface area contributed by atoms with Gasteiger partial charge in [-0.25, -0.2) is 10.5 Å². The Bertz CT molecular complexity index is 1560. The van der Waals surface area contributed by atoms with Crippen molar-refractivity contribution in [3.05, 3.63) is 107 Å². The Morgan fingerprint density at radius 3 is 2.42 bits per heavy atom. The van der Waals surface area contributed by atoms with Crippen LogP contribution in [0, 0.1) is 0 Å². The maximum Gasteiger partial charge on any atom is 0.243 e. The van der Waals surface area contributed by atoms with E-state index in [0.717, 1.165) is 44.3 Å². The lowest BCUT2D eigenvalue weighted by Gasteiger charge is -2.36. The summed E-state index contributed by atoms with van der Waals surface area (Å²) in [5.74, 6) is 0.0769. The zero-order chi connectivity index (χ0) is 31.6. The Kier molecular flexibility index (Phi) is 11.4. The minimum atomic E-state index is -0.549. The number of aryl methyl sites for hydroxylation is 1. The Labute approximate surface area is 266 Å². The summed E-state index contributed by atoms with van der Waals surface area (Å²) in [4.78, 5) is 27.7. The molecule has 1 saturated heterocycles. The van der Waals surface area contributed by atoms with Crippen molar-refractivity contribution in [1.29, 1.82) is 0 Å². The SMILES string of the molecule is Cn1ccnc1SC[C@@H]1C[C@H](c2ccc(CO)cc2)O[C@H](c2ccc(-c3cccc(CNC(=O)CCCC(=O)NO)c3)cc2)O1. The highest BCUT2D eigenvalue weighted by Crippen LogP contribution is 2.39. The van der Waals surface area contributed by atoms with Crippen molar-refractivity contribution in [3.8, 4) is 11.1 Å². The number of hydrogen-bond donors (Lipinski definition) is 4. The number of aromatic nitrogens is 2. The molecule has 2 amide bonds. The molecule has 1 aliphatic heterocycles. The van der Waals surface area contributed by atoms with Crippen LogP contribution in [0.2, 0.25) is 0 Å². The van der Waals surface area contributed by atoms with E-state index in [0.29, 0.717) is 19.4 Å². The van der Waals surface area contributed by atoms with Crippen LogP contribution in [0.5, 0.6) is 0 Å². The average Bonchev–Trinajstić information content (AvgIpc) is 3.50. The Hall–Kier alpha value is -4.00. The van der Waals surface area contributed by atoms with Crippen LogP contribution in [0.4, 0.5) is 0 Å². The molecular formula is C34H38N4O6S. The quantitative estimate of drug-likeness (QED) is 0.0899. The number of nitrogens with one attached hydrogen (secondary N) is 2. The zero-order valence-corrected chi connectivity index (χ0v) is 25.9. The second-order valence-corrected chi connectivity index (χ2v) is 12.0. The lowest BCUT2D eigenvalue weighted by Crippen LogP contribution is -2.31. The number of nitrogens with zero attached hydrogens (tertiary/aromatic N) is 2. The molecule has 0 saturated carbocycles. The molecule has 0 unspecified atom stereocenters. The second kappa shape index (κ2) is 15.8. The van der Waals surface area contributed by atoms with E-state index in [9.17, 15) is 14.7 Å². The number of amides is 2. The number of hydrogen-bond acceptors (Lipinski definition) is 8. The second-order valence-electron chi connectivity index (χ2n) is 11.0. The molecule has 0 spiro atoms. The normalized spacial score (nSPS) is 18.0. The number of carbonyl (C=O) groups excluding carboxylic acids is 2. The lowest BCUT2D eigenvalue weighted by atomic mass is 9.99. The van der Waals surface area contributed by atoms with Crippen LogP contribution in [-0.2, 0) is 39.3 Å². The predicted molar refractivity (Wildman–Crippen MR) is 170 cm³/mol. The first-order valence-electron chi connectivity index (χ1n) is 14.9. The number of hydroxylamine groups is 1. The first-order valence-corrected chi connectivity index (χ1v) is 15.9. The summed E-state index contributed by atoms with van der Waals surface area (Å²) in [6.45, 7) is 0.372. The minimum Gasteiger partial charge on any atom is -0.392 e. The van der Waals surface area contributed by atoms with Crippen LogP contribution in [0.3, 0.4) is 0 Å². The number of aliphatic hydroxyl groups excluding tert-OH is 1. The Morgan fingerprint density at radius 1 is 0.956 bits per heavy atom. The molecule has 5 rings (SSSR count). The molecule has 0 bridgehead atoms. The van der Waals surface area contributed by atoms with Crippen LogP contribution in [-0.4, -0.2) is 43.5 Å². The Morgan fingerprint density at radius 2 is 1.71 bits per heavy atom. The fourth-order valence-electron chi connectivity index (χ4n) is 5.13. The van der Waals surface area contributed by atoms with E-state index in [1.165, 1.54) is 0 Å². The third kappa shape index (κ3) is 9.03. The molecule has 3 aromatic carbocycles. The van der Waals surface area contributed by atoms with Crippen LogP contribution in [0.15, 0.2) is 90.3 Å². The summed E-state index contributed by atoms with van der Waals surface area (Å²) in [6, 6.07) is 24.0. The van der Waals surface area contributed by atoms with Gasteiger partial charge in [-0.3, -0.25) is 14.8 Å². The van der Waals surface area contributed by atoms with E-state index in [2.05, 4.69) is 10.3 Å². The summed E-state index contributed by atoms with van der Waals surface area (Å²) in [6.07, 6.45) is 4.30. The van der Waals surface area contributed by atoms with Gasteiger partial charge in [-0.2, -0.15) is 0 Å². The number of thioether (sulfide) groups is 1. The third-order valence-corrected chi connectivity index (χ3v) is 8.85. The molecule has 4 aromatic rings. The van der Waals surface area contributed by atoms with Gasteiger partial charge in [0.25, 0.3) is 0 Å². The molecule has 1 fully saturated rings.